The summed E-state index contributed by atoms with van der Waals surface area (Å²) in [6.07, 6.45) is 0. The van der Waals surface area contributed by atoms with Gasteiger partial charge in [-0.25, -0.2) is 0 Å². The molecule has 0 radical (unpaired) electrons. The Balaban J connectivity index is 1.99. The molecule has 2 aromatic carbocycles. The van der Waals surface area contributed by atoms with Gasteiger partial charge in [-0.1, -0.05) is 68.9 Å². The Morgan fingerprint density at radius 3 is 1.41 bits per heavy atom. The zero-order chi connectivity index (χ0) is 11.5. The zero-order valence-electron chi connectivity index (χ0n) is 9.17. The van der Waals surface area contributed by atoms with Crippen LogP contribution in [0.1, 0.15) is 0 Å². The van der Waals surface area contributed by atoms with Crippen LogP contribution < -0.4 is 0 Å². The van der Waals surface area contributed by atoms with Crippen LogP contribution in [-0.4, -0.2) is 10.2 Å². The quantitative estimate of drug-likeness (QED) is 0.677. The maximum atomic E-state index is 4.28. The molecule has 0 amide bonds. The van der Waals surface area contributed by atoms with Crippen molar-refractivity contribution in [2.75, 3.05) is 0 Å². The number of hydrogen-bond acceptors (Lipinski definition) is 2. The average molecular weight is 238 g/mol. The van der Waals surface area contributed by atoms with E-state index < -0.39 is 0 Å². The van der Waals surface area contributed by atoms with Crippen molar-refractivity contribution in [3.8, 4) is 22.0 Å². The highest BCUT2D eigenvalue weighted by atomic mass is 31.0. The average Bonchev–Trinajstić information content (AvgIpc) is 2.90. The Labute approximate surface area is 101 Å². The second kappa shape index (κ2) is 4.52. The first-order valence-electron chi connectivity index (χ1n) is 5.47. The summed E-state index contributed by atoms with van der Waals surface area (Å²) in [6, 6.07) is 20.5. The molecular weight excluding hydrogens is 227 g/mol. The summed E-state index contributed by atoms with van der Waals surface area (Å²) in [6.45, 7) is 0. The molecule has 1 aromatic heterocycles. The zero-order valence-corrected chi connectivity index (χ0v) is 10.2. The van der Waals surface area contributed by atoms with Crippen LogP contribution in [-0.2, 0) is 0 Å². The van der Waals surface area contributed by atoms with E-state index in [1.54, 1.807) is 0 Å². The molecule has 0 saturated heterocycles. The summed E-state index contributed by atoms with van der Waals surface area (Å²) in [4.78, 5) is 0. The van der Waals surface area contributed by atoms with Crippen molar-refractivity contribution in [3.63, 3.8) is 0 Å². The van der Waals surface area contributed by atoms with Crippen LogP contribution in [0.4, 0.5) is 0 Å². The van der Waals surface area contributed by atoms with Crippen LogP contribution in [0.3, 0.4) is 0 Å². The number of nitrogens with zero attached hydrogens (tertiary/aromatic N) is 2. The Bertz CT molecular complexity index is 548. The molecule has 0 aliphatic heterocycles. The van der Waals surface area contributed by atoms with Gasteiger partial charge in [-0.2, -0.15) is 0 Å². The number of rotatable bonds is 2. The Hall–Kier alpha value is -1.92. The molecule has 0 saturated carbocycles. The first-order valence-corrected chi connectivity index (χ1v) is 6.47. The predicted molar refractivity (Wildman–Crippen MR) is 72.4 cm³/mol. The molecule has 1 heterocycles. The lowest BCUT2D eigenvalue weighted by molar-refractivity contribution is 1.10. The molecule has 17 heavy (non-hydrogen) atoms. The van der Waals surface area contributed by atoms with Crippen molar-refractivity contribution in [1.29, 1.82) is 0 Å². The van der Waals surface area contributed by atoms with E-state index in [-0.39, 0.29) is 0 Å². The van der Waals surface area contributed by atoms with E-state index in [2.05, 4.69) is 34.5 Å². The highest BCUT2D eigenvalue weighted by molar-refractivity contribution is 7.37. The largest absolute Gasteiger partial charge is 0.145 e. The van der Waals surface area contributed by atoms with Crippen molar-refractivity contribution in [2.24, 2.45) is 0 Å². The van der Waals surface area contributed by atoms with Gasteiger partial charge in [0.15, 0.2) is 0 Å². The lowest BCUT2D eigenvalue weighted by atomic mass is 10.2. The maximum Gasteiger partial charge on any atom is 0.111 e. The predicted octanol–water partition coefficient (Wildman–Crippen LogP) is 3.84. The van der Waals surface area contributed by atoms with Gasteiger partial charge in [-0.3, -0.25) is 0 Å². The van der Waals surface area contributed by atoms with Gasteiger partial charge in [0.1, 0.15) is 10.9 Å². The van der Waals surface area contributed by atoms with Crippen LogP contribution in [0.2, 0.25) is 0 Å². The fourth-order valence-electron chi connectivity index (χ4n) is 1.71. The van der Waals surface area contributed by atoms with Gasteiger partial charge in [0.2, 0.25) is 0 Å². The molecule has 0 fully saturated rings. The third kappa shape index (κ3) is 2.13. The molecule has 0 unspecified atom stereocenters. The smallest absolute Gasteiger partial charge is 0.111 e. The highest BCUT2D eigenvalue weighted by Gasteiger charge is 2.05. The van der Waals surface area contributed by atoms with Gasteiger partial charge in [-0.05, 0) is 0 Å². The second-order valence-corrected chi connectivity index (χ2v) is 4.95. The van der Waals surface area contributed by atoms with E-state index in [0.29, 0.717) is 8.19 Å². The summed E-state index contributed by atoms with van der Waals surface area (Å²) in [5, 5.41) is 8.56. The molecule has 0 N–H and O–H groups in total. The Kier molecular flexibility index (Phi) is 2.73. The first-order chi connectivity index (χ1) is 8.43. The topological polar surface area (TPSA) is 25.8 Å². The molecule has 3 aromatic rings. The summed E-state index contributed by atoms with van der Waals surface area (Å²) in [5.41, 5.74) is 4.48. The van der Waals surface area contributed by atoms with Crippen LogP contribution >= 0.6 is 8.19 Å². The van der Waals surface area contributed by atoms with Crippen LogP contribution in [0, 0.1) is 0 Å². The fourth-order valence-corrected chi connectivity index (χ4v) is 2.76. The van der Waals surface area contributed by atoms with Crippen LogP contribution in [0.5, 0.6) is 0 Å². The molecule has 3 heteroatoms. The van der Waals surface area contributed by atoms with Gasteiger partial charge in [0, 0.05) is 11.1 Å². The normalized spacial score (nSPS) is 10.4. The van der Waals surface area contributed by atoms with E-state index in [4.69, 9.17) is 0 Å². The fraction of sp³-hybridized carbons (Fsp3) is 0. The third-order valence-electron chi connectivity index (χ3n) is 2.58. The summed E-state index contributed by atoms with van der Waals surface area (Å²) >= 11 is 0. The number of aromatic nitrogens is 2. The van der Waals surface area contributed by atoms with Crippen molar-refractivity contribution in [3.05, 3.63) is 60.7 Å². The maximum absolute atomic E-state index is 4.28. The highest BCUT2D eigenvalue weighted by Crippen LogP contribution is 2.33. The SMILES string of the molecule is c1ccc(-c2nnc(-c3ccccc3)[pH]2)cc1. The molecule has 0 bridgehead atoms. The minimum absolute atomic E-state index is 0.546. The third-order valence-corrected chi connectivity index (χ3v) is 3.83. The lowest BCUT2D eigenvalue weighted by Gasteiger charge is -1.94. The molecule has 0 atom stereocenters. The molecule has 2 nitrogen and oxygen atoms in total. The molecule has 3 rings (SSSR count). The van der Waals surface area contributed by atoms with Gasteiger partial charge >= 0.3 is 0 Å². The number of benzene rings is 2. The van der Waals surface area contributed by atoms with E-state index in [1.165, 1.54) is 11.1 Å². The van der Waals surface area contributed by atoms with E-state index >= 15 is 0 Å². The number of hydrogen-bond donors (Lipinski definition) is 0. The summed E-state index contributed by atoms with van der Waals surface area (Å²) < 4.78 is 0. The van der Waals surface area contributed by atoms with Crippen LogP contribution in [0.25, 0.3) is 22.0 Å². The first kappa shape index (κ1) is 10.2. The van der Waals surface area contributed by atoms with Crippen LogP contribution in [0.15, 0.2) is 60.7 Å². The van der Waals surface area contributed by atoms with Gasteiger partial charge < -0.3 is 0 Å². The van der Waals surface area contributed by atoms with Crippen molar-refractivity contribution >= 4 is 8.19 Å². The molecule has 0 aliphatic rings. The van der Waals surface area contributed by atoms with Gasteiger partial charge in [0.25, 0.3) is 0 Å². The molecule has 0 aliphatic carbocycles. The minimum Gasteiger partial charge on any atom is -0.145 e. The van der Waals surface area contributed by atoms with E-state index in [0.717, 1.165) is 10.9 Å². The van der Waals surface area contributed by atoms with Crippen molar-refractivity contribution in [2.45, 2.75) is 0 Å². The lowest BCUT2D eigenvalue weighted by Crippen LogP contribution is -1.76. The standard InChI is InChI=1S/C14H11N2P/c1-3-7-11(8-4-1)13-15-16-14(17-13)12-9-5-2-6-10-12/h1-10,17H. The van der Waals surface area contributed by atoms with Gasteiger partial charge in [-0.15, -0.1) is 10.2 Å². The molecular formula is C14H11N2P. The van der Waals surface area contributed by atoms with Crippen molar-refractivity contribution < 1.29 is 0 Å². The van der Waals surface area contributed by atoms with Crippen molar-refractivity contribution in [1.82, 2.24) is 10.2 Å². The monoisotopic (exact) mass is 238 g/mol. The second-order valence-electron chi connectivity index (χ2n) is 3.75. The summed E-state index contributed by atoms with van der Waals surface area (Å²) in [7, 11) is 0.546. The van der Waals surface area contributed by atoms with Gasteiger partial charge in [0.05, 0.1) is 0 Å². The van der Waals surface area contributed by atoms with E-state index in [1.807, 2.05) is 36.4 Å². The summed E-state index contributed by atoms with van der Waals surface area (Å²) in [5.74, 6) is 0. The molecule has 82 valence electrons. The minimum atomic E-state index is 0.546. The molecule has 0 spiro atoms. The Morgan fingerprint density at radius 2 is 1.00 bits per heavy atom. The Morgan fingerprint density at radius 1 is 0.588 bits per heavy atom. The van der Waals surface area contributed by atoms with E-state index in [9.17, 15) is 0 Å².